The number of carbonyl (C=O) groups is 4. The first-order valence-electron chi connectivity index (χ1n) is 12.2. The van der Waals surface area contributed by atoms with Crippen LogP contribution in [0.5, 0.6) is 0 Å². The molecule has 0 aliphatic carbocycles. The highest BCUT2D eigenvalue weighted by Gasteiger charge is 2.63. The van der Waals surface area contributed by atoms with E-state index in [4.69, 9.17) is 9.26 Å². The molecule has 6 rings (SSSR count). The predicted octanol–water partition coefficient (Wildman–Crippen LogP) is 0.944. The van der Waals surface area contributed by atoms with Crippen LogP contribution in [0.15, 0.2) is 10.6 Å². The molecule has 5 amide bonds. The average molecular weight is 582 g/mol. The van der Waals surface area contributed by atoms with Crippen LogP contribution in [0.25, 0.3) is 11.0 Å². The highest BCUT2D eigenvalue weighted by molar-refractivity contribution is 8.15. The number of sulfone groups is 1. The van der Waals surface area contributed by atoms with Crippen molar-refractivity contribution in [3.63, 3.8) is 0 Å². The Morgan fingerprint density at radius 1 is 1.18 bits per heavy atom. The maximum Gasteiger partial charge on any atom is 0.328 e. The molecule has 2 N–H and O–H groups in total. The highest BCUT2D eigenvalue weighted by atomic mass is 32.2. The van der Waals surface area contributed by atoms with Crippen molar-refractivity contribution in [3.05, 3.63) is 17.4 Å². The molecule has 4 atom stereocenters. The number of fused-ring (bicyclic) bond motifs is 5. The van der Waals surface area contributed by atoms with Crippen LogP contribution in [0.3, 0.4) is 0 Å². The molecule has 208 valence electrons. The van der Waals surface area contributed by atoms with E-state index >= 15 is 4.39 Å². The molecule has 4 aliphatic rings. The highest BCUT2D eigenvalue weighted by Crippen LogP contribution is 2.50. The standard InChI is InChI=1S/C23H24FN5O8S2/c1-9-6-28-15-11(5-23(17(28)10(2)36-9)19(30)25-21(32)26-20(23)31)4-13-16(14(15)24)37-27-18(13)29-7-12(38-22(29)33)8-39(3,34)35/h4,9-10,12,17H,5-8H2,1-3H3,(H2,25,26,30,31,32)/t9-,10+,12-,17-/m1/s1. The fraction of sp³-hybridized carbons (Fsp3) is 0.522. The Morgan fingerprint density at radius 2 is 1.87 bits per heavy atom. The molecule has 0 radical (unpaired) electrons. The molecular weight excluding hydrogens is 557 g/mol. The molecule has 2 aromatic rings. The van der Waals surface area contributed by atoms with Gasteiger partial charge in [0.15, 0.2) is 17.1 Å². The van der Waals surface area contributed by atoms with Crippen molar-refractivity contribution in [1.82, 2.24) is 15.8 Å². The Labute approximate surface area is 225 Å². The number of amides is 5. The molecule has 16 heteroatoms. The molecule has 1 aromatic carbocycles. The summed E-state index contributed by atoms with van der Waals surface area (Å²) in [4.78, 5) is 54.2. The number of nitrogens with zero attached hydrogens (tertiary/aromatic N) is 3. The second kappa shape index (κ2) is 8.63. The van der Waals surface area contributed by atoms with Crippen molar-refractivity contribution in [2.75, 3.05) is 34.9 Å². The van der Waals surface area contributed by atoms with E-state index in [-0.39, 0.29) is 59.4 Å². The third kappa shape index (κ3) is 3.90. The van der Waals surface area contributed by atoms with Gasteiger partial charge in [-0.05, 0) is 25.5 Å². The van der Waals surface area contributed by atoms with Gasteiger partial charge in [-0.25, -0.2) is 17.6 Å². The lowest BCUT2D eigenvalue weighted by atomic mass is 9.66. The van der Waals surface area contributed by atoms with Crippen LogP contribution in [-0.4, -0.2) is 85.3 Å². The van der Waals surface area contributed by atoms with Gasteiger partial charge in [-0.3, -0.25) is 29.9 Å². The Kier molecular flexibility index (Phi) is 5.75. The molecule has 0 unspecified atom stereocenters. The Bertz CT molecular complexity index is 1560. The van der Waals surface area contributed by atoms with Gasteiger partial charge in [0.1, 0.15) is 9.84 Å². The Hall–Kier alpha value is -3.24. The number of ether oxygens (including phenoxy) is 1. The van der Waals surface area contributed by atoms with Crippen molar-refractivity contribution in [2.24, 2.45) is 5.41 Å². The zero-order valence-corrected chi connectivity index (χ0v) is 22.7. The van der Waals surface area contributed by atoms with Crippen LogP contribution in [0, 0.1) is 11.2 Å². The lowest BCUT2D eigenvalue weighted by Crippen LogP contribution is -2.75. The number of urea groups is 1. The van der Waals surface area contributed by atoms with Gasteiger partial charge < -0.3 is 14.2 Å². The first-order chi connectivity index (χ1) is 18.3. The average Bonchev–Trinajstić information content (AvgIpc) is 3.38. The number of thioether (sulfide) groups is 1. The third-order valence-electron chi connectivity index (χ3n) is 7.56. The molecule has 1 spiro atoms. The molecule has 1 aromatic heterocycles. The van der Waals surface area contributed by atoms with Crippen LogP contribution < -0.4 is 20.4 Å². The number of halogens is 1. The van der Waals surface area contributed by atoms with E-state index in [2.05, 4.69) is 15.8 Å². The number of anilines is 2. The molecule has 13 nitrogen and oxygen atoms in total. The molecule has 0 saturated carbocycles. The monoisotopic (exact) mass is 581 g/mol. The predicted molar refractivity (Wildman–Crippen MR) is 137 cm³/mol. The number of carbonyl (C=O) groups excluding carboxylic acids is 4. The van der Waals surface area contributed by atoms with E-state index in [0.29, 0.717) is 0 Å². The van der Waals surface area contributed by atoms with Crippen LogP contribution in [-0.2, 0) is 30.6 Å². The molecular formula is C23H24FN5O8S2. The van der Waals surface area contributed by atoms with E-state index in [0.717, 1.165) is 18.0 Å². The molecule has 3 saturated heterocycles. The van der Waals surface area contributed by atoms with Gasteiger partial charge in [-0.15, -0.1) is 0 Å². The van der Waals surface area contributed by atoms with Crippen LogP contribution in [0.2, 0.25) is 0 Å². The quantitative estimate of drug-likeness (QED) is 0.495. The number of morpholine rings is 1. The maximum atomic E-state index is 16.2. The summed E-state index contributed by atoms with van der Waals surface area (Å²) in [7, 11) is -3.35. The minimum Gasteiger partial charge on any atom is -0.372 e. The van der Waals surface area contributed by atoms with E-state index < -0.39 is 61.5 Å². The smallest absolute Gasteiger partial charge is 0.328 e. The lowest BCUT2D eigenvalue weighted by molar-refractivity contribution is -0.153. The van der Waals surface area contributed by atoms with Gasteiger partial charge in [0.2, 0.25) is 17.4 Å². The number of hydrogen-bond acceptors (Lipinski definition) is 11. The SMILES string of the molecule is C[C@@H]1CN2c3c(cc4c(N5C[C@H](CS(C)(=O)=O)SC5=O)noc4c3F)CC3(C(=O)NC(=O)NC3=O)[C@H]2[C@H](C)O1. The van der Waals surface area contributed by atoms with Crippen molar-refractivity contribution < 1.29 is 41.2 Å². The van der Waals surface area contributed by atoms with Crippen LogP contribution in [0.1, 0.15) is 19.4 Å². The first kappa shape index (κ1) is 26.0. The third-order valence-corrected chi connectivity index (χ3v) is 9.85. The Morgan fingerprint density at radius 3 is 2.54 bits per heavy atom. The molecule has 0 bridgehead atoms. The second-order valence-electron chi connectivity index (χ2n) is 10.4. The summed E-state index contributed by atoms with van der Waals surface area (Å²) in [5, 5.41) is 7.43. The normalized spacial score (nSPS) is 28.5. The summed E-state index contributed by atoms with van der Waals surface area (Å²) in [6.45, 7) is 3.64. The number of hydrogen-bond donors (Lipinski definition) is 2. The van der Waals surface area contributed by atoms with Gasteiger partial charge in [-0.2, -0.15) is 0 Å². The van der Waals surface area contributed by atoms with Gasteiger partial charge >= 0.3 is 6.03 Å². The summed E-state index contributed by atoms with van der Waals surface area (Å²) < 4.78 is 51.0. The van der Waals surface area contributed by atoms with Gasteiger partial charge in [-0.1, -0.05) is 16.9 Å². The van der Waals surface area contributed by atoms with E-state index in [1.165, 1.54) is 11.0 Å². The van der Waals surface area contributed by atoms with Gasteiger partial charge in [0.25, 0.3) is 5.24 Å². The first-order valence-corrected chi connectivity index (χ1v) is 15.1. The zero-order valence-electron chi connectivity index (χ0n) is 21.0. The second-order valence-corrected chi connectivity index (χ2v) is 13.9. The summed E-state index contributed by atoms with van der Waals surface area (Å²) in [6.07, 6.45) is -0.233. The zero-order chi connectivity index (χ0) is 28.0. The fourth-order valence-electron chi connectivity index (χ4n) is 6.25. The molecule has 4 aliphatic heterocycles. The van der Waals surface area contributed by atoms with Crippen LogP contribution >= 0.6 is 11.8 Å². The minimum absolute atomic E-state index is 0.00723. The molecule has 39 heavy (non-hydrogen) atoms. The summed E-state index contributed by atoms with van der Waals surface area (Å²) in [5.74, 6) is -2.63. The molecule has 5 heterocycles. The van der Waals surface area contributed by atoms with E-state index in [9.17, 15) is 27.6 Å². The number of barbiturate groups is 1. The maximum absolute atomic E-state index is 16.2. The topological polar surface area (TPSA) is 168 Å². The van der Waals surface area contributed by atoms with E-state index in [1.54, 1.807) is 18.7 Å². The van der Waals surface area contributed by atoms with Gasteiger partial charge in [0.05, 0.1) is 35.1 Å². The molecule has 3 fully saturated rings. The summed E-state index contributed by atoms with van der Waals surface area (Å²) >= 11 is 0.847. The number of benzene rings is 1. The van der Waals surface area contributed by atoms with Crippen LogP contribution in [0.4, 0.5) is 25.5 Å². The number of rotatable bonds is 3. The minimum atomic E-state index is -3.35. The number of imide groups is 2. The summed E-state index contributed by atoms with van der Waals surface area (Å²) in [6, 6.07) is -0.347. The summed E-state index contributed by atoms with van der Waals surface area (Å²) in [5.41, 5.74) is -1.62. The fourth-order valence-corrected chi connectivity index (χ4v) is 8.84. The number of nitrogens with one attached hydrogen (secondary N) is 2. The van der Waals surface area contributed by atoms with Crippen molar-refractivity contribution in [1.29, 1.82) is 0 Å². The van der Waals surface area contributed by atoms with Crippen molar-refractivity contribution in [2.45, 2.75) is 43.8 Å². The Balaban J connectivity index is 1.49. The van der Waals surface area contributed by atoms with Gasteiger partial charge in [0, 0.05) is 31.0 Å². The van der Waals surface area contributed by atoms with E-state index in [1.807, 2.05) is 0 Å². The van der Waals surface area contributed by atoms with Crippen molar-refractivity contribution in [3.8, 4) is 0 Å². The lowest BCUT2D eigenvalue weighted by Gasteiger charge is -2.55. The number of aromatic nitrogens is 1. The van der Waals surface area contributed by atoms with Crippen molar-refractivity contribution >= 4 is 67.2 Å². The largest absolute Gasteiger partial charge is 0.372 e.